The van der Waals surface area contributed by atoms with Crippen LogP contribution in [-0.4, -0.2) is 22.3 Å². The number of para-hydroxylation sites is 1. The van der Waals surface area contributed by atoms with Gasteiger partial charge in [0.15, 0.2) is 0 Å². The Balaban J connectivity index is 1.61. The largest absolute Gasteiger partial charge is 0.434 e. The summed E-state index contributed by atoms with van der Waals surface area (Å²) in [7, 11) is 0. The minimum absolute atomic E-state index is 0.0440. The van der Waals surface area contributed by atoms with E-state index in [1.54, 1.807) is 29.1 Å². The van der Waals surface area contributed by atoms with E-state index < -0.39 is 6.61 Å². The van der Waals surface area contributed by atoms with E-state index in [1.807, 2.05) is 30.3 Å². The summed E-state index contributed by atoms with van der Waals surface area (Å²) in [6.07, 6.45) is 3.11. The fourth-order valence-electron chi connectivity index (χ4n) is 2.48. The molecule has 26 heavy (non-hydrogen) atoms. The predicted molar refractivity (Wildman–Crippen MR) is 92.0 cm³/mol. The molecule has 1 aromatic heterocycles. The first-order chi connectivity index (χ1) is 12.6. The average molecular weight is 357 g/mol. The first kappa shape index (κ1) is 17.6. The highest BCUT2D eigenvalue weighted by atomic mass is 19.3. The van der Waals surface area contributed by atoms with Crippen LogP contribution >= 0.6 is 0 Å². The summed E-state index contributed by atoms with van der Waals surface area (Å²) >= 11 is 0. The van der Waals surface area contributed by atoms with Crippen LogP contribution in [0.3, 0.4) is 0 Å². The molecule has 1 heterocycles. The lowest BCUT2D eigenvalue weighted by atomic mass is 10.2. The minimum Gasteiger partial charge on any atom is -0.434 e. The second-order valence-corrected chi connectivity index (χ2v) is 5.58. The SMILES string of the molecule is O=C(NCc1ccccc1OC(F)F)c1cnn(Cc2ccccc2)c1. The molecule has 0 saturated heterocycles. The van der Waals surface area contributed by atoms with Crippen molar-refractivity contribution in [3.05, 3.63) is 83.7 Å². The van der Waals surface area contributed by atoms with Gasteiger partial charge in [-0.3, -0.25) is 9.48 Å². The number of benzene rings is 2. The highest BCUT2D eigenvalue weighted by Crippen LogP contribution is 2.20. The fraction of sp³-hybridized carbons (Fsp3) is 0.158. The summed E-state index contributed by atoms with van der Waals surface area (Å²) in [6, 6.07) is 16.1. The second-order valence-electron chi connectivity index (χ2n) is 5.58. The Morgan fingerprint density at radius 3 is 2.62 bits per heavy atom. The second kappa shape index (κ2) is 8.24. The zero-order valence-electron chi connectivity index (χ0n) is 13.8. The van der Waals surface area contributed by atoms with Gasteiger partial charge in [-0.25, -0.2) is 0 Å². The number of alkyl halides is 2. The molecule has 1 N–H and O–H groups in total. The van der Waals surface area contributed by atoms with E-state index in [9.17, 15) is 13.6 Å². The summed E-state index contributed by atoms with van der Waals surface area (Å²) in [5.41, 5.74) is 1.94. The maximum Gasteiger partial charge on any atom is 0.387 e. The van der Waals surface area contributed by atoms with Crippen molar-refractivity contribution in [3.8, 4) is 5.75 Å². The van der Waals surface area contributed by atoms with Gasteiger partial charge in [0, 0.05) is 18.3 Å². The standard InChI is InChI=1S/C19H17F2N3O2/c20-19(21)26-17-9-5-4-8-15(17)10-22-18(25)16-11-23-24(13-16)12-14-6-2-1-3-7-14/h1-9,11,13,19H,10,12H2,(H,22,25). The quantitative estimate of drug-likeness (QED) is 0.705. The van der Waals surface area contributed by atoms with E-state index in [4.69, 9.17) is 0 Å². The molecule has 0 bridgehead atoms. The number of carbonyl (C=O) groups excluding carboxylic acids is 1. The number of ether oxygens (including phenoxy) is 1. The van der Waals surface area contributed by atoms with E-state index in [-0.39, 0.29) is 18.2 Å². The van der Waals surface area contributed by atoms with Crippen molar-refractivity contribution in [1.82, 2.24) is 15.1 Å². The molecule has 0 fully saturated rings. The molecular weight excluding hydrogens is 340 g/mol. The first-order valence-corrected chi connectivity index (χ1v) is 7.99. The van der Waals surface area contributed by atoms with Crippen LogP contribution in [0.25, 0.3) is 0 Å². The number of halogens is 2. The van der Waals surface area contributed by atoms with Gasteiger partial charge >= 0.3 is 6.61 Å². The molecule has 0 radical (unpaired) electrons. The summed E-state index contributed by atoms with van der Waals surface area (Å²) in [6.45, 7) is -2.28. The Morgan fingerprint density at radius 1 is 1.12 bits per heavy atom. The zero-order valence-corrected chi connectivity index (χ0v) is 13.8. The molecular formula is C19H17F2N3O2. The van der Waals surface area contributed by atoms with Gasteiger partial charge in [-0.2, -0.15) is 13.9 Å². The van der Waals surface area contributed by atoms with Gasteiger partial charge in [0.2, 0.25) is 0 Å². The van der Waals surface area contributed by atoms with E-state index in [1.165, 1.54) is 12.3 Å². The Kier molecular flexibility index (Phi) is 5.58. The Labute approximate surface area is 149 Å². The van der Waals surface area contributed by atoms with Crippen LogP contribution in [0.4, 0.5) is 8.78 Å². The van der Waals surface area contributed by atoms with Gasteiger partial charge in [0.1, 0.15) is 5.75 Å². The van der Waals surface area contributed by atoms with Gasteiger partial charge in [0.25, 0.3) is 5.91 Å². The molecule has 0 aliphatic carbocycles. The number of aromatic nitrogens is 2. The molecule has 0 spiro atoms. The molecule has 0 unspecified atom stereocenters. The van der Waals surface area contributed by atoms with Crippen molar-refractivity contribution >= 4 is 5.91 Å². The van der Waals surface area contributed by atoms with Crippen LogP contribution < -0.4 is 10.1 Å². The van der Waals surface area contributed by atoms with Crippen molar-refractivity contribution in [2.24, 2.45) is 0 Å². The van der Waals surface area contributed by atoms with Gasteiger partial charge in [-0.05, 0) is 11.6 Å². The summed E-state index contributed by atoms with van der Waals surface area (Å²) in [5, 5.41) is 6.87. The maximum absolute atomic E-state index is 12.4. The van der Waals surface area contributed by atoms with Gasteiger partial charge in [-0.15, -0.1) is 0 Å². The third-order valence-electron chi connectivity index (χ3n) is 3.71. The van der Waals surface area contributed by atoms with E-state index in [0.717, 1.165) is 5.56 Å². The number of amides is 1. The maximum atomic E-state index is 12.4. The van der Waals surface area contributed by atoms with Gasteiger partial charge in [-0.1, -0.05) is 48.5 Å². The smallest absolute Gasteiger partial charge is 0.387 e. The molecule has 134 valence electrons. The molecule has 3 rings (SSSR count). The number of hydrogen-bond acceptors (Lipinski definition) is 3. The molecule has 3 aromatic rings. The summed E-state index contributed by atoms with van der Waals surface area (Å²) < 4.78 is 31.0. The third-order valence-corrected chi connectivity index (χ3v) is 3.71. The zero-order chi connectivity index (χ0) is 18.4. The van der Waals surface area contributed by atoms with Crippen molar-refractivity contribution in [1.29, 1.82) is 0 Å². The van der Waals surface area contributed by atoms with Crippen LogP contribution in [0.2, 0.25) is 0 Å². The van der Waals surface area contributed by atoms with Gasteiger partial charge < -0.3 is 10.1 Å². The molecule has 0 saturated carbocycles. The lowest BCUT2D eigenvalue weighted by molar-refractivity contribution is -0.0504. The third kappa shape index (κ3) is 4.66. The molecule has 5 nitrogen and oxygen atoms in total. The number of carbonyl (C=O) groups is 1. The van der Waals surface area contributed by atoms with Crippen LogP contribution in [0, 0.1) is 0 Å². The molecule has 7 heteroatoms. The number of rotatable bonds is 7. The average Bonchev–Trinajstić information content (AvgIpc) is 3.10. The first-order valence-electron chi connectivity index (χ1n) is 7.99. The molecule has 0 atom stereocenters. The van der Waals surface area contributed by atoms with Crippen molar-refractivity contribution in [2.45, 2.75) is 19.7 Å². The van der Waals surface area contributed by atoms with E-state index in [2.05, 4.69) is 15.2 Å². The van der Waals surface area contributed by atoms with E-state index >= 15 is 0 Å². The number of nitrogens with one attached hydrogen (secondary N) is 1. The highest BCUT2D eigenvalue weighted by Gasteiger charge is 2.12. The summed E-state index contributed by atoms with van der Waals surface area (Å²) in [4.78, 5) is 12.3. The lowest BCUT2D eigenvalue weighted by Crippen LogP contribution is -2.23. The minimum atomic E-state index is -2.91. The molecule has 0 aliphatic heterocycles. The van der Waals surface area contributed by atoms with Crippen LogP contribution in [0.15, 0.2) is 67.0 Å². The van der Waals surface area contributed by atoms with Crippen molar-refractivity contribution in [2.75, 3.05) is 0 Å². The Bertz CT molecular complexity index is 866. The Hall–Kier alpha value is -3.22. The van der Waals surface area contributed by atoms with Crippen LogP contribution in [0.1, 0.15) is 21.5 Å². The predicted octanol–water partition coefficient (Wildman–Crippen LogP) is 3.46. The lowest BCUT2D eigenvalue weighted by Gasteiger charge is -2.11. The van der Waals surface area contributed by atoms with E-state index in [0.29, 0.717) is 17.7 Å². The van der Waals surface area contributed by atoms with Crippen LogP contribution in [-0.2, 0) is 13.1 Å². The number of hydrogen-bond donors (Lipinski definition) is 1. The van der Waals surface area contributed by atoms with Crippen LogP contribution in [0.5, 0.6) is 5.75 Å². The molecule has 1 amide bonds. The Morgan fingerprint density at radius 2 is 1.85 bits per heavy atom. The normalized spacial score (nSPS) is 10.7. The topological polar surface area (TPSA) is 56.1 Å². The molecule has 0 aliphatic rings. The van der Waals surface area contributed by atoms with Crippen molar-refractivity contribution < 1.29 is 18.3 Å². The monoisotopic (exact) mass is 357 g/mol. The van der Waals surface area contributed by atoms with Crippen molar-refractivity contribution in [3.63, 3.8) is 0 Å². The highest BCUT2D eigenvalue weighted by molar-refractivity contribution is 5.93. The molecule has 2 aromatic carbocycles. The summed E-state index contributed by atoms with van der Waals surface area (Å²) in [5.74, 6) is -0.293. The fourth-order valence-corrected chi connectivity index (χ4v) is 2.48. The number of nitrogens with zero attached hydrogens (tertiary/aromatic N) is 2. The van der Waals surface area contributed by atoms with Gasteiger partial charge in [0.05, 0.1) is 18.3 Å².